The quantitative estimate of drug-likeness (QED) is 0.770. The molecule has 0 radical (unpaired) electrons. The molecule has 0 aromatic heterocycles. The number of nitrogens with two attached hydrogens (primary N) is 1. The smallest absolute Gasteiger partial charge is 0.410 e. The van der Waals surface area contributed by atoms with Gasteiger partial charge in [0.05, 0.1) is 0 Å². The number of hydrogen-bond acceptors (Lipinski definition) is 3. The molecular weight excluding hydrogens is 223 g/mol. The monoisotopic (exact) mass is 246 g/mol. The molecule has 0 aromatic carbocycles. The number of carbonyl (C=O) groups excluding carboxylic acids is 1. The number of ether oxygens (including phenoxy) is 1. The lowest BCUT2D eigenvalue weighted by Crippen LogP contribution is -2.39. The summed E-state index contributed by atoms with van der Waals surface area (Å²) in [6, 6.07) is 0. The number of amides is 1. The van der Waals surface area contributed by atoms with Gasteiger partial charge >= 0.3 is 6.09 Å². The van der Waals surface area contributed by atoms with E-state index in [-0.39, 0.29) is 12.6 Å². The molecule has 2 N–H and O–H groups in total. The van der Waals surface area contributed by atoms with E-state index in [2.05, 4.69) is 0 Å². The van der Waals surface area contributed by atoms with Crippen molar-refractivity contribution < 1.29 is 13.9 Å². The van der Waals surface area contributed by atoms with Gasteiger partial charge in [-0.05, 0) is 33.6 Å². The molecule has 1 atom stereocenters. The van der Waals surface area contributed by atoms with E-state index in [0.29, 0.717) is 32.4 Å². The van der Waals surface area contributed by atoms with Gasteiger partial charge in [0.15, 0.2) is 0 Å². The Labute approximate surface area is 102 Å². The maximum atomic E-state index is 14.0. The number of likely N-dealkylation sites (tertiary alicyclic amines) is 1. The van der Waals surface area contributed by atoms with Crippen LogP contribution in [0, 0.1) is 0 Å². The van der Waals surface area contributed by atoms with Gasteiger partial charge < -0.3 is 15.4 Å². The predicted molar refractivity (Wildman–Crippen MR) is 64.6 cm³/mol. The Morgan fingerprint density at radius 3 is 2.59 bits per heavy atom. The first-order chi connectivity index (χ1) is 7.76. The normalized spacial score (nSPS) is 26.5. The van der Waals surface area contributed by atoms with Crippen LogP contribution in [-0.4, -0.2) is 41.9 Å². The van der Waals surface area contributed by atoms with Gasteiger partial charge in [-0.2, -0.15) is 0 Å². The number of rotatable bonds is 1. The second-order valence-electron chi connectivity index (χ2n) is 5.68. The fourth-order valence-corrected chi connectivity index (χ4v) is 1.87. The summed E-state index contributed by atoms with van der Waals surface area (Å²) >= 11 is 0. The average molecular weight is 246 g/mol. The van der Waals surface area contributed by atoms with Gasteiger partial charge in [-0.25, -0.2) is 9.18 Å². The summed E-state index contributed by atoms with van der Waals surface area (Å²) in [7, 11) is 0. The van der Waals surface area contributed by atoms with E-state index in [1.807, 2.05) is 20.8 Å². The van der Waals surface area contributed by atoms with E-state index < -0.39 is 11.3 Å². The summed E-state index contributed by atoms with van der Waals surface area (Å²) in [4.78, 5) is 13.4. The van der Waals surface area contributed by atoms with Gasteiger partial charge in [0.1, 0.15) is 11.3 Å². The molecule has 1 saturated heterocycles. The molecular formula is C12H23FN2O2. The van der Waals surface area contributed by atoms with Crippen molar-refractivity contribution in [2.45, 2.75) is 51.3 Å². The van der Waals surface area contributed by atoms with Crippen LogP contribution in [0.1, 0.15) is 40.0 Å². The molecule has 0 aliphatic carbocycles. The zero-order valence-electron chi connectivity index (χ0n) is 11.0. The molecule has 1 heterocycles. The van der Waals surface area contributed by atoms with Crippen LogP contribution in [0.15, 0.2) is 0 Å². The first-order valence-corrected chi connectivity index (χ1v) is 6.13. The fraction of sp³-hybridized carbons (Fsp3) is 0.917. The Hall–Kier alpha value is -0.840. The molecule has 0 spiro atoms. The van der Waals surface area contributed by atoms with Crippen LogP contribution < -0.4 is 5.73 Å². The van der Waals surface area contributed by atoms with Crippen LogP contribution in [-0.2, 0) is 4.74 Å². The van der Waals surface area contributed by atoms with Gasteiger partial charge in [0.2, 0.25) is 0 Å². The zero-order valence-corrected chi connectivity index (χ0v) is 11.0. The Morgan fingerprint density at radius 1 is 1.41 bits per heavy atom. The van der Waals surface area contributed by atoms with E-state index >= 15 is 0 Å². The van der Waals surface area contributed by atoms with Crippen LogP contribution in [0.2, 0.25) is 0 Å². The van der Waals surface area contributed by atoms with Crippen molar-refractivity contribution in [2.75, 3.05) is 19.6 Å². The lowest BCUT2D eigenvalue weighted by Gasteiger charge is -2.26. The summed E-state index contributed by atoms with van der Waals surface area (Å²) in [5, 5.41) is 0. The standard InChI is InChI=1S/C12H23FN2O2/c1-11(2,3)17-10(16)15-7-4-5-12(13,9-14)6-8-15/h4-9,14H2,1-3H3. The SMILES string of the molecule is CC(C)(C)OC(=O)N1CCCC(F)(CN)CC1. The Morgan fingerprint density at radius 2 is 2.06 bits per heavy atom. The summed E-state index contributed by atoms with van der Waals surface area (Å²) in [6.45, 7) is 6.41. The van der Waals surface area contributed by atoms with Gasteiger partial charge in [-0.15, -0.1) is 0 Å². The van der Waals surface area contributed by atoms with Gasteiger partial charge in [-0.1, -0.05) is 0 Å². The number of hydrogen-bond donors (Lipinski definition) is 1. The summed E-state index contributed by atoms with van der Waals surface area (Å²) < 4.78 is 19.3. The Balaban J connectivity index is 2.54. The third-order valence-corrected chi connectivity index (χ3v) is 2.90. The molecule has 4 nitrogen and oxygen atoms in total. The minimum absolute atomic E-state index is 0.0230. The highest BCUT2D eigenvalue weighted by Gasteiger charge is 2.33. The molecule has 1 unspecified atom stereocenters. The zero-order chi connectivity index (χ0) is 13.1. The number of carbonyl (C=O) groups is 1. The third-order valence-electron chi connectivity index (χ3n) is 2.90. The lowest BCUT2D eigenvalue weighted by atomic mass is 9.97. The summed E-state index contributed by atoms with van der Waals surface area (Å²) in [5.74, 6) is 0. The predicted octanol–water partition coefficient (Wildman–Crippen LogP) is 2.07. The molecule has 0 bridgehead atoms. The van der Waals surface area contributed by atoms with Crippen LogP contribution in [0.5, 0.6) is 0 Å². The maximum Gasteiger partial charge on any atom is 0.410 e. The number of nitrogens with zero attached hydrogens (tertiary/aromatic N) is 1. The highest BCUT2D eigenvalue weighted by molar-refractivity contribution is 5.68. The summed E-state index contributed by atoms with van der Waals surface area (Å²) in [6.07, 6.45) is 0.983. The third kappa shape index (κ3) is 4.50. The molecule has 1 aliphatic heterocycles. The van der Waals surface area contributed by atoms with Crippen LogP contribution in [0.4, 0.5) is 9.18 Å². The van der Waals surface area contributed by atoms with Crippen LogP contribution in [0.3, 0.4) is 0 Å². The Bertz CT molecular complexity index is 278. The van der Waals surface area contributed by atoms with Crippen molar-refractivity contribution in [3.8, 4) is 0 Å². The minimum atomic E-state index is -1.32. The maximum absolute atomic E-state index is 14.0. The number of halogens is 1. The van der Waals surface area contributed by atoms with Crippen molar-refractivity contribution in [3.63, 3.8) is 0 Å². The van der Waals surface area contributed by atoms with E-state index in [9.17, 15) is 9.18 Å². The fourth-order valence-electron chi connectivity index (χ4n) is 1.87. The molecule has 1 fully saturated rings. The van der Waals surface area contributed by atoms with Crippen molar-refractivity contribution in [2.24, 2.45) is 5.73 Å². The first kappa shape index (κ1) is 14.2. The second-order valence-corrected chi connectivity index (χ2v) is 5.68. The van der Waals surface area contributed by atoms with E-state index in [1.165, 1.54) is 0 Å². The van der Waals surface area contributed by atoms with Crippen molar-refractivity contribution >= 4 is 6.09 Å². The van der Waals surface area contributed by atoms with Gasteiger partial charge in [0.25, 0.3) is 0 Å². The van der Waals surface area contributed by atoms with E-state index in [4.69, 9.17) is 10.5 Å². The first-order valence-electron chi connectivity index (χ1n) is 6.13. The van der Waals surface area contributed by atoms with E-state index in [0.717, 1.165) is 0 Å². The largest absolute Gasteiger partial charge is 0.444 e. The summed E-state index contributed by atoms with van der Waals surface area (Å²) in [5.41, 5.74) is 3.59. The van der Waals surface area contributed by atoms with Crippen molar-refractivity contribution in [1.29, 1.82) is 0 Å². The Kier molecular flexibility index (Phi) is 4.36. The highest BCUT2D eigenvalue weighted by atomic mass is 19.1. The molecule has 1 amide bonds. The lowest BCUT2D eigenvalue weighted by molar-refractivity contribution is 0.0248. The molecule has 0 saturated carbocycles. The van der Waals surface area contributed by atoms with Crippen molar-refractivity contribution in [3.05, 3.63) is 0 Å². The van der Waals surface area contributed by atoms with Gasteiger partial charge in [-0.3, -0.25) is 0 Å². The second kappa shape index (κ2) is 5.21. The van der Waals surface area contributed by atoms with Crippen LogP contribution >= 0.6 is 0 Å². The molecule has 17 heavy (non-hydrogen) atoms. The van der Waals surface area contributed by atoms with Crippen LogP contribution in [0.25, 0.3) is 0 Å². The molecule has 100 valence electrons. The molecule has 0 aromatic rings. The minimum Gasteiger partial charge on any atom is -0.444 e. The van der Waals surface area contributed by atoms with Crippen molar-refractivity contribution in [1.82, 2.24) is 4.90 Å². The average Bonchev–Trinajstić information content (AvgIpc) is 2.39. The van der Waals surface area contributed by atoms with Gasteiger partial charge in [0, 0.05) is 26.1 Å². The number of alkyl halides is 1. The van der Waals surface area contributed by atoms with E-state index in [1.54, 1.807) is 4.90 Å². The highest BCUT2D eigenvalue weighted by Crippen LogP contribution is 2.26. The molecule has 1 aliphatic rings. The molecule has 1 rings (SSSR count). The molecule has 5 heteroatoms. The topological polar surface area (TPSA) is 55.6 Å².